The largest absolute Gasteiger partial charge is 0.401 e. The maximum Gasteiger partial charge on any atom is 0.401 e. The van der Waals surface area contributed by atoms with Crippen LogP contribution in [0.4, 0.5) is 13.2 Å². The van der Waals surface area contributed by atoms with Crippen LogP contribution in [0.5, 0.6) is 0 Å². The predicted molar refractivity (Wildman–Crippen MR) is 65.2 cm³/mol. The van der Waals surface area contributed by atoms with E-state index in [9.17, 15) is 13.2 Å². The van der Waals surface area contributed by atoms with Gasteiger partial charge in [0.15, 0.2) is 0 Å². The van der Waals surface area contributed by atoms with Crippen LogP contribution in [0.15, 0.2) is 0 Å². The Labute approximate surface area is 103 Å². The van der Waals surface area contributed by atoms with Gasteiger partial charge in [0, 0.05) is 6.04 Å². The average Bonchev–Trinajstić information content (AvgIpc) is 2.21. The van der Waals surface area contributed by atoms with Gasteiger partial charge in [-0.1, -0.05) is 13.8 Å². The zero-order valence-corrected chi connectivity index (χ0v) is 11.1. The fourth-order valence-corrected chi connectivity index (χ4v) is 1.71. The number of nitrogens with zero attached hydrogens (tertiary/aromatic N) is 1. The molecule has 0 heterocycles. The van der Waals surface area contributed by atoms with E-state index in [0.717, 1.165) is 25.8 Å². The predicted octanol–water partition coefficient (Wildman–Crippen LogP) is 3.04. The first kappa shape index (κ1) is 16.7. The molecule has 1 atom stereocenters. The van der Waals surface area contributed by atoms with Gasteiger partial charge in [-0.2, -0.15) is 13.2 Å². The summed E-state index contributed by atoms with van der Waals surface area (Å²) in [7, 11) is 0. The Hall–Kier alpha value is -0.290. The van der Waals surface area contributed by atoms with Gasteiger partial charge < -0.3 is 5.32 Å². The third kappa shape index (κ3) is 10.6. The molecule has 0 saturated carbocycles. The molecule has 1 N–H and O–H groups in total. The van der Waals surface area contributed by atoms with Gasteiger partial charge >= 0.3 is 6.18 Å². The molecule has 1 unspecified atom stereocenters. The normalized spacial score (nSPS) is 14.3. The summed E-state index contributed by atoms with van der Waals surface area (Å²) in [6.07, 6.45) is -1.52. The van der Waals surface area contributed by atoms with E-state index in [1.807, 2.05) is 13.8 Å². The molecule has 0 bridgehead atoms. The molecule has 0 aromatic rings. The lowest BCUT2D eigenvalue weighted by atomic mass is 10.2. The third-order valence-electron chi connectivity index (χ3n) is 2.56. The quantitative estimate of drug-likeness (QED) is 0.680. The Morgan fingerprint density at radius 2 is 1.76 bits per heavy atom. The molecule has 0 aliphatic heterocycles. The number of nitrogens with one attached hydrogen (secondary N) is 1. The topological polar surface area (TPSA) is 15.3 Å². The van der Waals surface area contributed by atoms with Crippen molar-refractivity contribution in [2.45, 2.75) is 52.3 Å². The number of rotatable bonds is 9. The molecular formula is C12H25F3N2. The van der Waals surface area contributed by atoms with Crippen molar-refractivity contribution in [1.29, 1.82) is 0 Å². The van der Waals surface area contributed by atoms with Gasteiger partial charge in [0.05, 0.1) is 6.54 Å². The maximum absolute atomic E-state index is 12.3. The zero-order chi connectivity index (χ0) is 13.3. The van der Waals surface area contributed by atoms with Crippen molar-refractivity contribution in [3.8, 4) is 0 Å². The first-order chi connectivity index (χ1) is 7.89. The molecule has 2 nitrogen and oxygen atoms in total. The van der Waals surface area contributed by atoms with Crippen molar-refractivity contribution >= 4 is 0 Å². The smallest absolute Gasteiger partial charge is 0.314 e. The number of halogens is 3. The highest BCUT2D eigenvalue weighted by Crippen LogP contribution is 2.16. The maximum atomic E-state index is 12.3. The van der Waals surface area contributed by atoms with E-state index in [-0.39, 0.29) is 6.04 Å². The first-order valence-corrected chi connectivity index (χ1v) is 6.41. The molecule has 0 fully saturated rings. The fraction of sp³-hybridized carbons (Fsp3) is 1.00. The van der Waals surface area contributed by atoms with Crippen molar-refractivity contribution < 1.29 is 13.2 Å². The summed E-state index contributed by atoms with van der Waals surface area (Å²) in [5, 5.41) is 3.28. The zero-order valence-electron chi connectivity index (χ0n) is 11.1. The molecule has 0 saturated heterocycles. The number of hydrogen-bond acceptors (Lipinski definition) is 2. The van der Waals surface area contributed by atoms with E-state index in [4.69, 9.17) is 0 Å². The van der Waals surface area contributed by atoms with E-state index < -0.39 is 12.7 Å². The molecule has 0 spiro atoms. The van der Waals surface area contributed by atoms with Crippen LogP contribution >= 0.6 is 0 Å². The van der Waals surface area contributed by atoms with Crippen LogP contribution in [0.2, 0.25) is 0 Å². The summed E-state index contributed by atoms with van der Waals surface area (Å²) in [5.74, 6) is 0. The molecule has 0 amide bonds. The molecule has 0 radical (unpaired) electrons. The van der Waals surface area contributed by atoms with Gasteiger partial charge in [-0.25, -0.2) is 0 Å². The van der Waals surface area contributed by atoms with Gasteiger partial charge in [0.2, 0.25) is 0 Å². The minimum atomic E-state index is -4.09. The van der Waals surface area contributed by atoms with Crippen molar-refractivity contribution in [2.24, 2.45) is 0 Å². The highest BCUT2D eigenvalue weighted by atomic mass is 19.4. The second-order valence-electron chi connectivity index (χ2n) is 4.54. The summed E-state index contributed by atoms with van der Waals surface area (Å²) in [6.45, 7) is 7.16. The van der Waals surface area contributed by atoms with Crippen LogP contribution in [0.25, 0.3) is 0 Å². The van der Waals surface area contributed by atoms with Crippen molar-refractivity contribution in [3.05, 3.63) is 0 Å². The third-order valence-corrected chi connectivity index (χ3v) is 2.56. The molecule has 0 aliphatic carbocycles. The van der Waals surface area contributed by atoms with Gasteiger partial charge in [0.25, 0.3) is 0 Å². The average molecular weight is 254 g/mol. The Morgan fingerprint density at radius 3 is 2.24 bits per heavy atom. The summed E-state index contributed by atoms with van der Waals surface area (Å²) < 4.78 is 36.9. The number of hydrogen-bond donors (Lipinski definition) is 1. The van der Waals surface area contributed by atoms with Gasteiger partial charge in [-0.15, -0.1) is 0 Å². The minimum Gasteiger partial charge on any atom is -0.314 e. The Balaban J connectivity index is 3.91. The lowest BCUT2D eigenvalue weighted by Crippen LogP contribution is -2.38. The van der Waals surface area contributed by atoms with Crippen LogP contribution in [0, 0.1) is 0 Å². The van der Waals surface area contributed by atoms with Crippen LogP contribution in [-0.2, 0) is 0 Å². The van der Waals surface area contributed by atoms with Crippen LogP contribution in [-0.4, -0.2) is 43.3 Å². The standard InChI is InChI=1S/C12H25F3N2/c1-4-7-16-11(3)6-9-17(8-5-2)10-12(13,14)15/h11,16H,4-10H2,1-3H3. The van der Waals surface area contributed by atoms with E-state index >= 15 is 0 Å². The van der Waals surface area contributed by atoms with E-state index in [0.29, 0.717) is 13.1 Å². The SMILES string of the molecule is CCCNC(C)CCN(CCC)CC(F)(F)F. The Morgan fingerprint density at radius 1 is 1.12 bits per heavy atom. The van der Waals surface area contributed by atoms with E-state index in [1.54, 1.807) is 0 Å². The monoisotopic (exact) mass is 254 g/mol. The second-order valence-corrected chi connectivity index (χ2v) is 4.54. The van der Waals surface area contributed by atoms with Crippen molar-refractivity contribution in [2.75, 3.05) is 26.2 Å². The molecule has 0 aromatic heterocycles. The van der Waals surface area contributed by atoms with Gasteiger partial charge in [0.1, 0.15) is 0 Å². The van der Waals surface area contributed by atoms with Gasteiger partial charge in [-0.3, -0.25) is 4.90 Å². The summed E-state index contributed by atoms with van der Waals surface area (Å²) in [6, 6.07) is 0.280. The van der Waals surface area contributed by atoms with Crippen LogP contribution in [0.3, 0.4) is 0 Å². The summed E-state index contributed by atoms with van der Waals surface area (Å²) in [4.78, 5) is 1.49. The first-order valence-electron chi connectivity index (χ1n) is 6.41. The lowest BCUT2D eigenvalue weighted by molar-refractivity contribution is -0.146. The Bertz CT molecular complexity index is 183. The molecule has 104 valence electrons. The Kier molecular flexibility index (Phi) is 8.60. The number of alkyl halides is 3. The van der Waals surface area contributed by atoms with Gasteiger partial charge in [-0.05, 0) is 45.8 Å². The molecule has 0 rings (SSSR count). The highest BCUT2D eigenvalue weighted by Gasteiger charge is 2.30. The molecule has 5 heteroatoms. The second kappa shape index (κ2) is 8.75. The highest BCUT2D eigenvalue weighted by molar-refractivity contribution is 4.67. The lowest BCUT2D eigenvalue weighted by Gasteiger charge is -2.24. The van der Waals surface area contributed by atoms with E-state index in [2.05, 4.69) is 12.2 Å². The molecule has 0 aromatic carbocycles. The summed E-state index contributed by atoms with van der Waals surface area (Å²) in [5.41, 5.74) is 0. The minimum absolute atomic E-state index is 0.280. The van der Waals surface area contributed by atoms with Crippen LogP contribution < -0.4 is 5.32 Å². The van der Waals surface area contributed by atoms with E-state index in [1.165, 1.54) is 4.90 Å². The summed E-state index contributed by atoms with van der Waals surface area (Å²) >= 11 is 0. The molecule has 17 heavy (non-hydrogen) atoms. The molecular weight excluding hydrogens is 229 g/mol. The molecule has 0 aliphatic rings. The van der Waals surface area contributed by atoms with Crippen LogP contribution in [0.1, 0.15) is 40.0 Å². The van der Waals surface area contributed by atoms with Crippen molar-refractivity contribution in [1.82, 2.24) is 10.2 Å². The van der Waals surface area contributed by atoms with Crippen molar-refractivity contribution in [3.63, 3.8) is 0 Å². The fourth-order valence-electron chi connectivity index (χ4n) is 1.71.